The quantitative estimate of drug-likeness (QED) is 0.737. The van der Waals surface area contributed by atoms with Crippen LogP contribution in [0.2, 0.25) is 0 Å². The fourth-order valence-corrected chi connectivity index (χ4v) is 4.44. The van der Waals surface area contributed by atoms with Crippen molar-refractivity contribution in [3.63, 3.8) is 0 Å². The van der Waals surface area contributed by atoms with Gasteiger partial charge in [-0.15, -0.1) is 11.8 Å². The predicted molar refractivity (Wildman–Crippen MR) is 109 cm³/mol. The van der Waals surface area contributed by atoms with Crippen LogP contribution in [-0.4, -0.2) is 36.5 Å². The Kier molecular flexibility index (Phi) is 6.75. The summed E-state index contributed by atoms with van der Waals surface area (Å²) in [5.41, 5.74) is 1.05. The lowest BCUT2D eigenvalue weighted by atomic mass is 10.1. The monoisotopic (exact) mass is 368 g/mol. The number of rotatable bonds is 7. The van der Waals surface area contributed by atoms with E-state index in [-0.39, 0.29) is 11.2 Å². The van der Waals surface area contributed by atoms with Gasteiger partial charge in [0.1, 0.15) is 5.25 Å². The predicted octanol–water partition coefficient (Wildman–Crippen LogP) is 4.37. The van der Waals surface area contributed by atoms with Gasteiger partial charge in [-0.05, 0) is 50.4 Å². The Morgan fingerprint density at radius 2 is 1.77 bits per heavy atom. The van der Waals surface area contributed by atoms with Crippen LogP contribution in [0.4, 0.5) is 0 Å². The first-order valence-electron chi connectivity index (χ1n) is 9.42. The molecule has 1 heterocycles. The Labute approximate surface area is 161 Å². The number of nitrogens with one attached hydrogen (secondary N) is 1. The highest BCUT2D eigenvalue weighted by molar-refractivity contribution is 8.00. The van der Waals surface area contributed by atoms with Gasteiger partial charge in [0.25, 0.3) is 0 Å². The molecule has 0 saturated carbocycles. The molecule has 4 heteroatoms. The lowest BCUT2D eigenvalue weighted by Crippen LogP contribution is -2.34. The fraction of sp³-hybridized carbons (Fsp3) is 0.409. The van der Waals surface area contributed by atoms with Crippen LogP contribution in [0.25, 0.3) is 0 Å². The van der Waals surface area contributed by atoms with Gasteiger partial charge in [0.05, 0.1) is 0 Å². The van der Waals surface area contributed by atoms with E-state index in [1.807, 2.05) is 48.5 Å². The summed E-state index contributed by atoms with van der Waals surface area (Å²) >= 11 is 1.62. The lowest BCUT2D eigenvalue weighted by molar-refractivity contribution is -0.120. The highest BCUT2D eigenvalue weighted by Gasteiger charge is 2.26. The number of hydrogen-bond donors (Lipinski definition) is 1. The number of carbonyl (C=O) groups is 1. The third kappa shape index (κ3) is 5.12. The Hall–Kier alpha value is -1.78. The topological polar surface area (TPSA) is 32.3 Å². The summed E-state index contributed by atoms with van der Waals surface area (Å²) in [5.74, 6) is 0.660. The first-order chi connectivity index (χ1) is 12.6. The zero-order valence-electron chi connectivity index (χ0n) is 15.6. The van der Waals surface area contributed by atoms with Crippen molar-refractivity contribution in [3.8, 4) is 0 Å². The summed E-state index contributed by atoms with van der Waals surface area (Å²) in [6, 6.07) is 20.8. The number of carbonyl (C=O) groups excluding carboxylic acids is 1. The largest absolute Gasteiger partial charge is 0.355 e. The van der Waals surface area contributed by atoms with Gasteiger partial charge in [-0.25, -0.2) is 0 Å². The molecule has 2 aromatic rings. The standard InChI is InChI=1S/C22H28N2OS/c1-17(2)24-14-13-18(16-24)15-23-22(25)21(19-9-5-3-6-10-19)26-20-11-7-4-8-12-20/h3-12,17-18,21H,13-16H2,1-2H3,(H,23,25)/t18-,21+/m0/s1. The van der Waals surface area contributed by atoms with Crippen molar-refractivity contribution >= 4 is 17.7 Å². The minimum absolute atomic E-state index is 0.105. The van der Waals surface area contributed by atoms with Crippen LogP contribution < -0.4 is 5.32 Å². The van der Waals surface area contributed by atoms with Crippen LogP contribution in [0.3, 0.4) is 0 Å². The fourth-order valence-electron chi connectivity index (χ4n) is 3.37. The zero-order valence-corrected chi connectivity index (χ0v) is 16.4. The van der Waals surface area contributed by atoms with Crippen LogP contribution >= 0.6 is 11.8 Å². The summed E-state index contributed by atoms with van der Waals surface area (Å²) < 4.78 is 0. The SMILES string of the molecule is CC(C)N1CC[C@@H](CNC(=O)[C@H](Sc2ccccc2)c2ccccc2)C1. The molecule has 1 N–H and O–H groups in total. The molecule has 0 bridgehead atoms. The van der Waals surface area contributed by atoms with Crippen molar-refractivity contribution in [3.05, 3.63) is 66.2 Å². The van der Waals surface area contributed by atoms with Gasteiger partial charge in [0.2, 0.25) is 5.91 Å². The highest BCUT2D eigenvalue weighted by atomic mass is 32.2. The second-order valence-electron chi connectivity index (χ2n) is 7.21. The third-order valence-corrected chi connectivity index (χ3v) is 6.22. The van der Waals surface area contributed by atoms with Gasteiger partial charge in [-0.1, -0.05) is 48.5 Å². The molecule has 1 amide bonds. The van der Waals surface area contributed by atoms with Gasteiger partial charge in [-0.3, -0.25) is 4.79 Å². The molecule has 0 radical (unpaired) electrons. The maximum Gasteiger partial charge on any atom is 0.238 e. The average molecular weight is 369 g/mol. The Bertz CT molecular complexity index is 690. The van der Waals surface area contributed by atoms with Crippen molar-refractivity contribution in [1.82, 2.24) is 10.2 Å². The van der Waals surface area contributed by atoms with Crippen LogP contribution in [0, 0.1) is 5.92 Å². The average Bonchev–Trinajstić information content (AvgIpc) is 3.15. The zero-order chi connectivity index (χ0) is 18.4. The van der Waals surface area contributed by atoms with Gasteiger partial charge in [0.15, 0.2) is 0 Å². The van der Waals surface area contributed by atoms with Crippen molar-refractivity contribution in [1.29, 1.82) is 0 Å². The number of benzene rings is 2. The van der Waals surface area contributed by atoms with E-state index in [0.717, 1.165) is 30.1 Å². The molecule has 0 aliphatic carbocycles. The van der Waals surface area contributed by atoms with Crippen molar-refractivity contribution in [2.24, 2.45) is 5.92 Å². The van der Waals surface area contributed by atoms with E-state index in [2.05, 4.69) is 36.2 Å². The molecule has 0 unspecified atom stereocenters. The molecule has 26 heavy (non-hydrogen) atoms. The Balaban J connectivity index is 1.64. The molecule has 0 spiro atoms. The first kappa shape index (κ1) is 19.0. The minimum Gasteiger partial charge on any atom is -0.355 e. The molecule has 1 aliphatic rings. The summed E-state index contributed by atoms with van der Waals surface area (Å²) in [5, 5.41) is 3.00. The van der Waals surface area contributed by atoms with E-state index in [9.17, 15) is 4.79 Å². The molecule has 1 aliphatic heterocycles. The normalized spacial score (nSPS) is 18.8. The molecular formula is C22H28N2OS. The van der Waals surface area contributed by atoms with E-state index in [0.29, 0.717) is 12.0 Å². The number of hydrogen-bond acceptors (Lipinski definition) is 3. The molecule has 138 valence electrons. The third-order valence-electron chi connectivity index (χ3n) is 4.95. The Morgan fingerprint density at radius 3 is 2.38 bits per heavy atom. The summed E-state index contributed by atoms with van der Waals surface area (Å²) in [6.07, 6.45) is 1.17. The van der Waals surface area contributed by atoms with E-state index < -0.39 is 0 Å². The second kappa shape index (κ2) is 9.24. The van der Waals surface area contributed by atoms with Crippen molar-refractivity contribution in [2.45, 2.75) is 36.5 Å². The molecular weight excluding hydrogens is 340 g/mol. The maximum atomic E-state index is 13.0. The lowest BCUT2D eigenvalue weighted by Gasteiger charge is -2.21. The van der Waals surface area contributed by atoms with Crippen LogP contribution in [-0.2, 0) is 4.79 Å². The Morgan fingerprint density at radius 1 is 1.12 bits per heavy atom. The van der Waals surface area contributed by atoms with Gasteiger partial charge >= 0.3 is 0 Å². The molecule has 3 nitrogen and oxygen atoms in total. The van der Waals surface area contributed by atoms with Gasteiger partial charge < -0.3 is 10.2 Å². The van der Waals surface area contributed by atoms with Crippen LogP contribution in [0.5, 0.6) is 0 Å². The number of likely N-dealkylation sites (tertiary alicyclic amines) is 1. The van der Waals surface area contributed by atoms with Crippen LogP contribution in [0.1, 0.15) is 31.1 Å². The minimum atomic E-state index is -0.221. The van der Waals surface area contributed by atoms with Crippen molar-refractivity contribution in [2.75, 3.05) is 19.6 Å². The molecule has 3 rings (SSSR count). The first-order valence-corrected chi connectivity index (χ1v) is 10.3. The highest BCUT2D eigenvalue weighted by Crippen LogP contribution is 2.35. The smallest absolute Gasteiger partial charge is 0.238 e. The maximum absolute atomic E-state index is 13.0. The second-order valence-corrected chi connectivity index (χ2v) is 8.39. The van der Waals surface area contributed by atoms with E-state index in [4.69, 9.17) is 0 Å². The van der Waals surface area contributed by atoms with Crippen molar-refractivity contribution < 1.29 is 4.79 Å². The summed E-state index contributed by atoms with van der Waals surface area (Å²) in [4.78, 5) is 16.6. The molecule has 0 aromatic heterocycles. The molecule has 2 atom stereocenters. The van der Waals surface area contributed by atoms with Gasteiger partial charge in [-0.2, -0.15) is 0 Å². The van der Waals surface area contributed by atoms with Crippen LogP contribution in [0.15, 0.2) is 65.6 Å². The van der Waals surface area contributed by atoms with E-state index >= 15 is 0 Å². The number of amides is 1. The van der Waals surface area contributed by atoms with Gasteiger partial charge in [0, 0.05) is 24.0 Å². The summed E-state index contributed by atoms with van der Waals surface area (Å²) in [7, 11) is 0. The molecule has 2 aromatic carbocycles. The number of thioether (sulfide) groups is 1. The van der Waals surface area contributed by atoms with E-state index in [1.54, 1.807) is 11.8 Å². The molecule has 1 fully saturated rings. The number of nitrogens with zero attached hydrogens (tertiary/aromatic N) is 1. The van der Waals surface area contributed by atoms with E-state index in [1.165, 1.54) is 6.42 Å². The summed E-state index contributed by atoms with van der Waals surface area (Å²) in [6.45, 7) is 7.46. The molecule has 1 saturated heterocycles.